The standard InChI is InChI=1S/C15H18ClNS3/c1-18-11-5-4-10(9-11)17-15(12-3-2-8-19-12)13-6-7-14(16)20-13/h2-3,6-8,10-11,15,17H,4-5,9H2,1H3. The lowest BCUT2D eigenvalue weighted by atomic mass is 10.1. The van der Waals surface area contributed by atoms with Crippen LogP contribution in [0.1, 0.15) is 35.1 Å². The van der Waals surface area contributed by atoms with Crippen LogP contribution < -0.4 is 5.32 Å². The molecule has 2 aromatic rings. The van der Waals surface area contributed by atoms with Gasteiger partial charge in [-0.05, 0) is 49.1 Å². The van der Waals surface area contributed by atoms with Gasteiger partial charge < -0.3 is 5.32 Å². The molecule has 0 radical (unpaired) electrons. The Morgan fingerprint density at radius 3 is 2.80 bits per heavy atom. The minimum atomic E-state index is 0.304. The second kappa shape index (κ2) is 6.84. The Kier molecular flexibility index (Phi) is 5.10. The van der Waals surface area contributed by atoms with E-state index in [9.17, 15) is 0 Å². The first-order valence-electron chi connectivity index (χ1n) is 6.83. The van der Waals surface area contributed by atoms with Gasteiger partial charge in [-0.15, -0.1) is 22.7 Å². The Labute approximate surface area is 137 Å². The van der Waals surface area contributed by atoms with Gasteiger partial charge in [0, 0.05) is 21.0 Å². The van der Waals surface area contributed by atoms with Gasteiger partial charge in [0.15, 0.2) is 0 Å². The first kappa shape index (κ1) is 14.9. The minimum absolute atomic E-state index is 0.304. The molecule has 0 aliphatic heterocycles. The third-order valence-corrected chi connectivity index (χ3v) is 7.15. The van der Waals surface area contributed by atoms with Gasteiger partial charge in [0.1, 0.15) is 0 Å². The zero-order valence-corrected chi connectivity index (χ0v) is 14.5. The Balaban J connectivity index is 1.77. The zero-order valence-electron chi connectivity index (χ0n) is 11.3. The molecule has 0 spiro atoms. The molecule has 2 heterocycles. The van der Waals surface area contributed by atoms with E-state index in [1.165, 1.54) is 29.0 Å². The molecule has 0 bridgehead atoms. The van der Waals surface area contributed by atoms with Crippen LogP contribution in [-0.4, -0.2) is 17.5 Å². The van der Waals surface area contributed by atoms with Gasteiger partial charge in [-0.1, -0.05) is 17.7 Å². The van der Waals surface area contributed by atoms with Crippen molar-refractivity contribution in [3.05, 3.63) is 43.7 Å². The van der Waals surface area contributed by atoms with E-state index in [4.69, 9.17) is 11.6 Å². The van der Waals surface area contributed by atoms with Crippen molar-refractivity contribution in [2.24, 2.45) is 0 Å². The second-order valence-corrected chi connectivity index (χ2v) is 8.99. The maximum absolute atomic E-state index is 6.12. The Morgan fingerprint density at radius 1 is 1.30 bits per heavy atom. The van der Waals surface area contributed by atoms with E-state index >= 15 is 0 Å². The van der Waals surface area contributed by atoms with Crippen LogP contribution in [0.3, 0.4) is 0 Å². The van der Waals surface area contributed by atoms with E-state index in [1.54, 1.807) is 11.3 Å². The maximum atomic E-state index is 6.12. The van der Waals surface area contributed by atoms with Gasteiger partial charge in [0.05, 0.1) is 10.4 Å². The number of halogens is 1. The fourth-order valence-corrected chi connectivity index (χ4v) is 5.60. The summed E-state index contributed by atoms with van der Waals surface area (Å²) in [6.45, 7) is 0. The van der Waals surface area contributed by atoms with E-state index in [2.05, 4.69) is 35.2 Å². The largest absolute Gasteiger partial charge is 0.302 e. The van der Waals surface area contributed by atoms with Crippen LogP contribution in [0.2, 0.25) is 4.34 Å². The van der Waals surface area contributed by atoms with Crippen molar-refractivity contribution >= 4 is 46.0 Å². The average Bonchev–Trinajstić information content (AvgIpc) is 3.17. The third kappa shape index (κ3) is 3.42. The van der Waals surface area contributed by atoms with Gasteiger partial charge in [-0.3, -0.25) is 0 Å². The molecular weight excluding hydrogens is 326 g/mol. The summed E-state index contributed by atoms with van der Waals surface area (Å²) >= 11 is 11.6. The summed E-state index contributed by atoms with van der Waals surface area (Å²) in [6, 6.07) is 9.44. The third-order valence-electron chi connectivity index (χ3n) is 3.83. The number of thioether (sulfide) groups is 1. The molecule has 1 aliphatic rings. The summed E-state index contributed by atoms with van der Waals surface area (Å²) in [7, 11) is 0. The van der Waals surface area contributed by atoms with Crippen molar-refractivity contribution in [3.8, 4) is 0 Å². The number of thiophene rings is 2. The highest BCUT2D eigenvalue weighted by atomic mass is 35.5. The van der Waals surface area contributed by atoms with Gasteiger partial charge in [-0.2, -0.15) is 11.8 Å². The lowest BCUT2D eigenvalue weighted by Gasteiger charge is -2.21. The Hall–Kier alpha value is -0.0000000000000000278. The average molecular weight is 344 g/mol. The number of rotatable bonds is 5. The van der Waals surface area contributed by atoms with Gasteiger partial charge in [0.2, 0.25) is 0 Å². The van der Waals surface area contributed by atoms with Crippen LogP contribution >= 0.6 is 46.0 Å². The van der Waals surface area contributed by atoms with E-state index in [1.807, 2.05) is 29.2 Å². The summed E-state index contributed by atoms with van der Waals surface area (Å²) in [5.74, 6) is 0. The van der Waals surface area contributed by atoms with Crippen LogP contribution in [0.5, 0.6) is 0 Å². The van der Waals surface area contributed by atoms with Gasteiger partial charge >= 0.3 is 0 Å². The first-order chi connectivity index (χ1) is 9.76. The van der Waals surface area contributed by atoms with E-state index in [-0.39, 0.29) is 0 Å². The first-order valence-corrected chi connectivity index (χ1v) is 10.2. The van der Waals surface area contributed by atoms with Crippen LogP contribution in [0.15, 0.2) is 29.6 Å². The lowest BCUT2D eigenvalue weighted by molar-refractivity contribution is 0.487. The number of hydrogen-bond donors (Lipinski definition) is 1. The van der Waals surface area contributed by atoms with Gasteiger partial charge in [0.25, 0.3) is 0 Å². The van der Waals surface area contributed by atoms with E-state index in [0.29, 0.717) is 12.1 Å². The monoisotopic (exact) mass is 343 g/mol. The minimum Gasteiger partial charge on any atom is -0.302 e. The highest BCUT2D eigenvalue weighted by Gasteiger charge is 2.27. The molecule has 0 saturated heterocycles. The predicted octanol–water partition coefficient (Wildman–Crippen LogP) is 5.43. The highest BCUT2D eigenvalue weighted by molar-refractivity contribution is 7.99. The van der Waals surface area contributed by atoms with E-state index < -0.39 is 0 Å². The molecule has 3 atom stereocenters. The zero-order chi connectivity index (χ0) is 13.9. The number of hydrogen-bond acceptors (Lipinski definition) is 4. The second-order valence-electron chi connectivity index (χ2n) is 5.12. The molecule has 0 amide bonds. The smallest absolute Gasteiger partial charge is 0.0931 e. The SMILES string of the molecule is CSC1CCC(NC(c2cccs2)c2ccc(Cl)s2)C1. The summed E-state index contributed by atoms with van der Waals surface area (Å²) in [6.07, 6.45) is 6.12. The normalized spacial score (nSPS) is 24.1. The fourth-order valence-electron chi connectivity index (χ4n) is 2.78. The highest BCUT2D eigenvalue weighted by Crippen LogP contribution is 2.36. The molecule has 1 N–H and O–H groups in total. The van der Waals surface area contributed by atoms with Crippen molar-refractivity contribution < 1.29 is 0 Å². The molecule has 108 valence electrons. The van der Waals surface area contributed by atoms with Crippen LogP contribution in [0, 0.1) is 0 Å². The molecule has 1 aliphatic carbocycles. The Bertz CT molecular complexity index is 537. The van der Waals surface area contributed by atoms with E-state index in [0.717, 1.165) is 9.59 Å². The summed E-state index contributed by atoms with van der Waals surface area (Å²) in [4.78, 5) is 2.71. The molecule has 5 heteroatoms. The maximum Gasteiger partial charge on any atom is 0.0931 e. The van der Waals surface area contributed by atoms with Crippen molar-refractivity contribution in [2.75, 3.05) is 6.26 Å². The molecule has 2 aromatic heterocycles. The topological polar surface area (TPSA) is 12.0 Å². The van der Waals surface area contributed by atoms with Crippen LogP contribution in [-0.2, 0) is 0 Å². The summed E-state index contributed by atoms with van der Waals surface area (Å²) in [5.41, 5.74) is 0. The summed E-state index contributed by atoms with van der Waals surface area (Å²) in [5, 5.41) is 6.84. The summed E-state index contributed by atoms with van der Waals surface area (Å²) < 4.78 is 0.872. The predicted molar refractivity (Wildman–Crippen MR) is 93.6 cm³/mol. The fraction of sp³-hybridized carbons (Fsp3) is 0.467. The Morgan fingerprint density at radius 2 is 2.20 bits per heavy atom. The van der Waals surface area contributed by atoms with Gasteiger partial charge in [-0.25, -0.2) is 0 Å². The van der Waals surface area contributed by atoms with Crippen molar-refractivity contribution in [1.82, 2.24) is 5.32 Å². The quantitative estimate of drug-likeness (QED) is 0.777. The lowest BCUT2D eigenvalue weighted by Crippen LogP contribution is -2.31. The molecule has 1 saturated carbocycles. The number of nitrogens with one attached hydrogen (secondary N) is 1. The molecule has 1 fully saturated rings. The van der Waals surface area contributed by atoms with Crippen LogP contribution in [0.25, 0.3) is 0 Å². The van der Waals surface area contributed by atoms with Crippen molar-refractivity contribution in [3.63, 3.8) is 0 Å². The molecule has 3 rings (SSSR count). The van der Waals surface area contributed by atoms with Crippen molar-refractivity contribution in [1.29, 1.82) is 0 Å². The van der Waals surface area contributed by atoms with Crippen LogP contribution in [0.4, 0.5) is 0 Å². The molecule has 0 aromatic carbocycles. The molecule has 1 nitrogen and oxygen atoms in total. The molecular formula is C15H18ClNS3. The molecule has 3 unspecified atom stereocenters. The molecule has 20 heavy (non-hydrogen) atoms. The van der Waals surface area contributed by atoms with Crippen molar-refractivity contribution in [2.45, 2.75) is 36.6 Å².